The maximum Gasteiger partial charge on any atom is 0.329 e. The molecule has 1 rings (SSSR count). The van der Waals surface area contributed by atoms with Crippen LogP contribution in [0.15, 0.2) is 30.3 Å². The van der Waals surface area contributed by atoms with Gasteiger partial charge in [-0.1, -0.05) is 24.1 Å². The number of hydrogen-bond acceptors (Lipinski definition) is 3. The molecule has 0 aromatic heterocycles. The van der Waals surface area contributed by atoms with Gasteiger partial charge in [0.25, 0.3) is 5.91 Å². The summed E-state index contributed by atoms with van der Waals surface area (Å²) in [4.78, 5) is 23.0. The number of ether oxygens (including phenoxy) is 1. The Hall–Kier alpha value is -2.28. The fourth-order valence-electron chi connectivity index (χ4n) is 1.17. The number of carbonyl (C=O) groups excluding carboxylic acids is 2. The van der Waals surface area contributed by atoms with E-state index >= 15 is 0 Å². The quantitative estimate of drug-likeness (QED) is 0.621. The van der Waals surface area contributed by atoms with Crippen molar-refractivity contribution in [2.24, 2.45) is 0 Å². The second-order valence-corrected chi connectivity index (χ2v) is 3.37. The summed E-state index contributed by atoms with van der Waals surface area (Å²) >= 11 is 0. The average molecular weight is 231 g/mol. The Morgan fingerprint density at radius 2 is 2.06 bits per heavy atom. The van der Waals surface area contributed by atoms with E-state index in [1.54, 1.807) is 37.3 Å². The van der Waals surface area contributed by atoms with Gasteiger partial charge in [-0.2, -0.15) is 0 Å². The van der Waals surface area contributed by atoms with Crippen LogP contribution in [-0.4, -0.2) is 24.5 Å². The van der Waals surface area contributed by atoms with Crippen LogP contribution in [0.2, 0.25) is 0 Å². The van der Waals surface area contributed by atoms with Crippen LogP contribution < -0.4 is 5.32 Å². The molecule has 0 radical (unpaired) electrons. The summed E-state index contributed by atoms with van der Waals surface area (Å²) in [6.07, 6.45) is 4.95. The first-order valence-electron chi connectivity index (χ1n) is 5.11. The Bertz CT molecular complexity index is 434. The SMILES string of the molecule is C#CCOC(=O)C(C)NC(=O)c1ccccc1. The molecule has 0 bridgehead atoms. The molecule has 1 aromatic rings. The number of carbonyl (C=O) groups is 2. The molecule has 0 saturated heterocycles. The van der Waals surface area contributed by atoms with E-state index in [1.807, 2.05) is 0 Å². The minimum Gasteiger partial charge on any atom is -0.451 e. The maximum absolute atomic E-state index is 11.7. The topological polar surface area (TPSA) is 55.4 Å². The zero-order chi connectivity index (χ0) is 12.7. The molecule has 1 atom stereocenters. The third-order valence-corrected chi connectivity index (χ3v) is 2.03. The van der Waals surface area contributed by atoms with Crippen LogP contribution in [0.25, 0.3) is 0 Å². The molecule has 1 aromatic carbocycles. The fourth-order valence-corrected chi connectivity index (χ4v) is 1.17. The van der Waals surface area contributed by atoms with Crippen molar-refractivity contribution in [2.75, 3.05) is 6.61 Å². The lowest BCUT2D eigenvalue weighted by molar-refractivity contribution is -0.143. The molecule has 0 saturated carbocycles. The normalized spacial score (nSPS) is 11.1. The number of benzene rings is 1. The highest BCUT2D eigenvalue weighted by molar-refractivity contribution is 5.96. The smallest absolute Gasteiger partial charge is 0.329 e. The van der Waals surface area contributed by atoms with Gasteiger partial charge in [0, 0.05) is 5.56 Å². The molecule has 1 unspecified atom stereocenters. The lowest BCUT2D eigenvalue weighted by Gasteiger charge is -2.12. The van der Waals surface area contributed by atoms with Crippen LogP contribution in [0.1, 0.15) is 17.3 Å². The molecule has 0 aliphatic heterocycles. The van der Waals surface area contributed by atoms with Crippen molar-refractivity contribution in [1.29, 1.82) is 0 Å². The first kappa shape index (κ1) is 12.8. The molecule has 17 heavy (non-hydrogen) atoms. The van der Waals surface area contributed by atoms with E-state index in [0.29, 0.717) is 5.56 Å². The molecular weight excluding hydrogens is 218 g/mol. The third-order valence-electron chi connectivity index (χ3n) is 2.03. The highest BCUT2D eigenvalue weighted by Crippen LogP contribution is 1.99. The van der Waals surface area contributed by atoms with Gasteiger partial charge in [-0.25, -0.2) is 4.79 Å². The Labute approximate surface area is 100.0 Å². The maximum atomic E-state index is 11.7. The zero-order valence-corrected chi connectivity index (χ0v) is 9.47. The fraction of sp³-hybridized carbons (Fsp3) is 0.231. The van der Waals surface area contributed by atoms with Crippen LogP contribution in [-0.2, 0) is 9.53 Å². The second-order valence-electron chi connectivity index (χ2n) is 3.37. The number of terminal acetylenes is 1. The van der Waals surface area contributed by atoms with Gasteiger partial charge in [-0.05, 0) is 19.1 Å². The van der Waals surface area contributed by atoms with Gasteiger partial charge < -0.3 is 10.1 Å². The van der Waals surface area contributed by atoms with E-state index in [2.05, 4.69) is 11.2 Å². The molecule has 4 heteroatoms. The molecule has 0 heterocycles. The van der Waals surface area contributed by atoms with Crippen LogP contribution >= 0.6 is 0 Å². The monoisotopic (exact) mass is 231 g/mol. The summed E-state index contributed by atoms with van der Waals surface area (Å²) in [6.45, 7) is 1.45. The van der Waals surface area contributed by atoms with E-state index in [1.165, 1.54) is 0 Å². The molecule has 0 spiro atoms. The summed E-state index contributed by atoms with van der Waals surface area (Å²) in [5, 5.41) is 2.52. The number of amides is 1. The van der Waals surface area contributed by atoms with E-state index in [0.717, 1.165) is 0 Å². The van der Waals surface area contributed by atoms with E-state index in [-0.39, 0.29) is 12.5 Å². The standard InChI is InChI=1S/C13H13NO3/c1-3-9-17-13(16)10(2)14-12(15)11-7-5-4-6-8-11/h1,4-8,10H,9H2,2H3,(H,14,15). The van der Waals surface area contributed by atoms with Crippen molar-refractivity contribution in [3.05, 3.63) is 35.9 Å². The lowest BCUT2D eigenvalue weighted by Crippen LogP contribution is -2.39. The molecular formula is C13H13NO3. The Balaban J connectivity index is 2.52. The Kier molecular flexibility index (Phi) is 4.77. The van der Waals surface area contributed by atoms with Gasteiger partial charge in [0.1, 0.15) is 6.04 Å². The molecule has 1 N–H and O–H groups in total. The largest absolute Gasteiger partial charge is 0.451 e. The zero-order valence-electron chi connectivity index (χ0n) is 9.47. The summed E-state index contributed by atoms with van der Waals surface area (Å²) in [5.74, 6) is 1.31. The van der Waals surface area contributed by atoms with Crippen molar-refractivity contribution >= 4 is 11.9 Å². The van der Waals surface area contributed by atoms with Crippen molar-refractivity contribution in [2.45, 2.75) is 13.0 Å². The first-order chi connectivity index (χ1) is 8.15. The van der Waals surface area contributed by atoms with Gasteiger partial charge >= 0.3 is 5.97 Å². The summed E-state index contributed by atoms with van der Waals surface area (Å²) in [7, 11) is 0. The van der Waals surface area contributed by atoms with E-state index < -0.39 is 12.0 Å². The highest BCUT2D eigenvalue weighted by atomic mass is 16.5. The lowest BCUT2D eigenvalue weighted by atomic mass is 10.2. The molecule has 88 valence electrons. The Morgan fingerprint density at radius 1 is 1.41 bits per heavy atom. The van der Waals surface area contributed by atoms with Gasteiger partial charge in [-0.15, -0.1) is 6.42 Å². The van der Waals surface area contributed by atoms with Gasteiger partial charge in [0.05, 0.1) is 0 Å². The van der Waals surface area contributed by atoms with Crippen molar-refractivity contribution in [3.63, 3.8) is 0 Å². The average Bonchev–Trinajstić information content (AvgIpc) is 2.36. The van der Waals surface area contributed by atoms with E-state index in [4.69, 9.17) is 11.2 Å². The summed E-state index contributed by atoms with van der Waals surface area (Å²) in [6, 6.07) is 7.90. The summed E-state index contributed by atoms with van der Waals surface area (Å²) in [5.41, 5.74) is 0.490. The van der Waals surface area contributed by atoms with Crippen molar-refractivity contribution < 1.29 is 14.3 Å². The molecule has 0 fully saturated rings. The van der Waals surface area contributed by atoms with Crippen LogP contribution in [0.5, 0.6) is 0 Å². The van der Waals surface area contributed by atoms with Crippen LogP contribution in [0.3, 0.4) is 0 Å². The van der Waals surface area contributed by atoms with Gasteiger partial charge in [0.2, 0.25) is 0 Å². The predicted molar refractivity (Wildman–Crippen MR) is 63.2 cm³/mol. The highest BCUT2D eigenvalue weighted by Gasteiger charge is 2.17. The van der Waals surface area contributed by atoms with Gasteiger partial charge in [-0.3, -0.25) is 4.79 Å². The molecule has 0 aliphatic carbocycles. The van der Waals surface area contributed by atoms with Crippen LogP contribution in [0, 0.1) is 12.3 Å². The molecule has 0 aliphatic rings. The van der Waals surface area contributed by atoms with Crippen molar-refractivity contribution in [1.82, 2.24) is 5.32 Å². The number of hydrogen-bond donors (Lipinski definition) is 1. The summed E-state index contributed by atoms with van der Waals surface area (Å²) < 4.78 is 4.70. The number of esters is 1. The minimum absolute atomic E-state index is 0.0929. The Morgan fingerprint density at radius 3 is 2.65 bits per heavy atom. The van der Waals surface area contributed by atoms with Crippen LogP contribution in [0.4, 0.5) is 0 Å². The minimum atomic E-state index is -0.726. The first-order valence-corrected chi connectivity index (χ1v) is 5.11. The predicted octanol–water partition coefficient (Wildman–Crippen LogP) is 0.981. The van der Waals surface area contributed by atoms with Crippen molar-refractivity contribution in [3.8, 4) is 12.3 Å². The van der Waals surface area contributed by atoms with Gasteiger partial charge in [0.15, 0.2) is 6.61 Å². The molecule has 1 amide bonds. The third kappa shape index (κ3) is 3.99. The number of nitrogens with one attached hydrogen (secondary N) is 1. The van der Waals surface area contributed by atoms with E-state index in [9.17, 15) is 9.59 Å². The second kappa shape index (κ2) is 6.33. The molecule has 4 nitrogen and oxygen atoms in total. The number of rotatable bonds is 4.